The Bertz CT molecular complexity index is 586. The maximum absolute atomic E-state index is 14.5. The van der Waals surface area contributed by atoms with E-state index in [-0.39, 0.29) is 13.8 Å². The van der Waals surface area contributed by atoms with Crippen molar-refractivity contribution < 1.29 is 62.9 Å². The zero-order valence-corrected chi connectivity index (χ0v) is 14.8. The smallest absolute Gasteiger partial charge is 0.436 e. The van der Waals surface area contributed by atoms with Crippen LogP contribution in [0.1, 0.15) is 40.5 Å². The second kappa shape index (κ2) is 7.17. The molecule has 14 heteroatoms. The molecule has 0 aliphatic carbocycles. The van der Waals surface area contributed by atoms with Gasteiger partial charge in [-0.2, -0.15) is 35.1 Å². The van der Waals surface area contributed by atoms with Gasteiger partial charge < -0.3 is 9.84 Å². The van der Waals surface area contributed by atoms with Gasteiger partial charge >= 0.3 is 35.8 Å². The lowest BCUT2D eigenvalue weighted by molar-refractivity contribution is -0.443. The number of hydrogen-bond donors (Lipinski definition) is 1. The lowest BCUT2D eigenvalue weighted by Gasteiger charge is -2.47. The molecular formula is C14H17F11O3. The first-order valence-corrected chi connectivity index (χ1v) is 7.54. The van der Waals surface area contributed by atoms with E-state index in [0.717, 1.165) is 0 Å². The van der Waals surface area contributed by atoms with E-state index in [2.05, 4.69) is 4.74 Å². The van der Waals surface area contributed by atoms with Gasteiger partial charge in [0.2, 0.25) is 0 Å². The molecule has 0 radical (unpaired) electrons. The molecule has 3 nitrogen and oxygen atoms in total. The number of ether oxygens (including phenoxy) is 1. The Morgan fingerprint density at radius 2 is 1.18 bits per heavy atom. The molecule has 0 heterocycles. The van der Waals surface area contributed by atoms with Crippen LogP contribution in [-0.4, -0.2) is 52.1 Å². The Kier molecular flexibility index (Phi) is 6.82. The predicted molar refractivity (Wildman–Crippen MR) is 72.0 cm³/mol. The van der Waals surface area contributed by atoms with Crippen LogP contribution in [0.4, 0.5) is 48.3 Å². The number of alkyl halides is 11. The molecular weight excluding hydrogens is 425 g/mol. The summed E-state index contributed by atoms with van der Waals surface area (Å²) in [7, 11) is 0. The van der Waals surface area contributed by atoms with Crippen molar-refractivity contribution in [2.45, 2.75) is 81.6 Å². The summed E-state index contributed by atoms with van der Waals surface area (Å²) < 4.78 is 153. The quantitative estimate of drug-likeness (QED) is 0.503. The average Bonchev–Trinajstić information content (AvgIpc) is 2.49. The maximum Gasteiger partial charge on any atom is 0.436 e. The molecule has 0 aliphatic rings. The standard InChI is InChI=1S/C14H17F11O3/c1-5-8(3,15)11(17,13(21,22)23)14(24,25)28-9(4,6-2)10(16,7(26)27)12(18,19)20/h5-6H2,1-4H3,(H,26,27). The second-order valence-electron chi connectivity index (χ2n) is 6.37. The average molecular weight is 442 g/mol. The largest absolute Gasteiger partial charge is 0.479 e. The summed E-state index contributed by atoms with van der Waals surface area (Å²) in [6, 6.07) is 0. The Morgan fingerprint density at radius 1 is 0.786 bits per heavy atom. The van der Waals surface area contributed by atoms with Gasteiger partial charge in [-0.15, -0.1) is 0 Å². The van der Waals surface area contributed by atoms with Crippen molar-refractivity contribution in [1.29, 1.82) is 0 Å². The molecule has 0 saturated heterocycles. The summed E-state index contributed by atoms with van der Waals surface area (Å²) in [5.41, 5.74) is -20.6. The zero-order chi connectivity index (χ0) is 23.2. The lowest BCUT2D eigenvalue weighted by Crippen LogP contribution is -2.72. The van der Waals surface area contributed by atoms with E-state index >= 15 is 0 Å². The minimum atomic E-state index is -6.73. The van der Waals surface area contributed by atoms with Crippen LogP contribution in [0.25, 0.3) is 0 Å². The summed E-state index contributed by atoms with van der Waals surface area (Å²) in [5, 5.41) is 8.59. The van der Waals surface area contributed by atoms with Gasteiger partial charge in [0.1, 0.15) is 5.60 Å². The van der Waals surface area contributed by atoms with Crippen LogP contribution in [0.5, 0.6) is 0 Å². The summed E-state index contributed by atoms with van der Waals surface area (Å²) in [4.78, 5) is 10.8. The van der Waals surface area contributed by atoms with Crippen LogP contribution < -0.4 is 0 Å². The SMILES string of the molecule is CCC(C)(F)C(F)(C(F)(F)F)C(F)(F)OC(C)(CC)C(F)(C(=O)O)C(F)(F)F. The number of hydrogen-bond acceptors (Lipinski definition) is 2. The third-order valence-electron chi connectivity index (χ3n) is 4.62. The molecule has 0 spiro atoms. The van der Waals surface area contributed by atoms with E-state index in [1.165, 1.54) is 0 Å². The van der Waals surface area contributed by atoms with E-state index < -0.39 is 59.9 Å². The first-order valence-electron chi connectivity index (χ1n) is 7.54. The third kappa shape index (κ3) is 3.63. The number of carbonyl (C=O) groups is 1. The van der Waals surface area contributed by atoms with E-state index in [0.29, 0.717) is 13.8 Å². The normalized spacial score (nSPS) is 22.5. The van der Waals surface area contributed by atoms with Crippen LogP contribution in [0, 0.1) is 0 Å². The topological polar surface area (TPSA) is 46.5 Å². The van der Waals surface area contributed by atoms with Crippen LogP contribution in [-0.2, 0) is 9.53 Å². The fourth-order valence-corrected chi connectivity index (χ4v) is 2.39. The molecule has 0 aliphatic heterocycles. The fraction of sp³-hybridized carbons (Fsp3) is 0.929. The van der Waals surface area contributed by atoms with Gasteiger partial charge in [0.15, 0.2) is 5.67 Å². The summed E-state index contributed by atoms with van der Waals surface area (Å²) >= 11 is 0. The molecule has 168 valence electrons. The number of carboxylic acid groups (broad SMARTS) is 1. The molecule has 1 N–H and O–H groups in total. The Balaban J connectivity index is 6.76. The lowest BCUT2D eigenvalue weighted by atomic mass is 9.80. The monoisotopic (exact) mass is 442 g/mol. The van der Waals surface area contributed by atoms with Crippen LogP contribution in [0.2, 0.25) is 0 Å². The van der Waals surface area contributed by atoms with Gasteiger partial charge in [-0.25, -0.2) is 18.0 Å². The van der Waals surface area contributed by atoms with Crippen molar-refractivity contribution in [1.82, 2.24) is 0 Å². The highest BCUT2D eigenvalue weighted by Gasteiger charge is 2.83. The zero-order valence-electron chi connectivity index (χ0n) is 14.8. The van der Waals surface area contributed by atoms with E-state index in [1.807, 2.05) is 0 Å². The molecule has 28 heavy (non-hydrogen) atoms. The van der Waals surface area contributed by atoms with E-state index in [9.17, 15) is 53.1 Å². The summed E-state index contributed by atoms with van der Waals surface area (Å²) in [6.07, 6.45) is -22.8. The van der Waals surface area contributed by atoms with Gasteiger partial charge in [-0.3, -0.25) is 0 Å². The van der Waals surface area contributed by atoms with Crippen LogP contribution in [0.3, 0.4) is 0 Å². The van der Waals surface area contributed by atoms with Crippen LogP contribution in [0.15, 0.2) is 0 Å². The molecule has 0 aromatic rings. The van der Waals surface area contributed by atoms with E-state index in [1.54, 1.807) is 0 Å². The van der Waals surface area contributed by atoms with Gasteiger partial charge in [0.05, 0.1) is 0 Å². The molecule has 0 saturated carbocycles. The number of halogens is 11. The number of aliphatic carboxylic acids is 1. The fourth-order valence-electron chi connectivity index (χ4n) is 2.39. The molecule has 0 aromatic carbocycles. The molecule has 0 fully saturated rings. The first kappa shape index (κ1) is 26.7. The van der Waals surface area contributed by atoms with Gasteiger partial charge in [0, 0.05) is 0 Å². The Labute approximate surface area is 151 Å². The molecule has 4 atom stereocenters. The molecule has 0 amide bonds. The van der Waals surface area contributed by atoms with E-state index in [4.69, 9.17) is 5.11 Å². The van der Waals surface area contributed by atoms with Crippen molar-refractivity contribution in [3.05, 3.63) is 0 Å². The van der Waals surface area contributed by atoms with Crippen molar-refractivity contribution in [2.24, 2.45) is 0 Å². The van der Waals surface area contributed by atoms with Crippen molar-refractivity contribution in [3.8, 4) is 0 Å². The van der Waals surface area contributed by atoms with Gasteiger partial charge in [-0.05, 0) is 26.7 Å². The molecule has 0 bridgehead atoms. The minimum Gasteiger partial charge on any atom is -0.479 e. The van der Waals surface area contributed by atoms with Crippen molar-refractivity contribution >= 4 is 5.97 Å². The highest BCUT2D eigenvalue weighted by molar-refractivity contribution is 5.80. The second-order valence-corrected chi connectivity index (χ2v) is 6.37. The predicted octanol–water partition coefficient (Wildman–Crippen LogP) is 5.53. The Hall–Kier alpha value is -1.34. The number of rotatable bonds is 8. The molecule has 0 rings (SSSR count). The van der Waals surface area contributed by atoms with Crippen molar-refractivity contribution in [2.75, 3.05) is 0 Å². The van der Waals surface area contributed by atoms with Gasteiger partial charge in [0.25, 0.3) is 0 Å². The van der Waals surface area contributed by atoms with Crippen molar-refractivity contribution in [3.63, 3.8) is 0 Å². The first-order chi connectivity index (χ1) is 12.0. The molecule has 4 unspecified atom stereocenters. The highest BCUT2D eigenvalue weighted by atomic mass is 19.4. The third-order valence-corrected chi connectivity index (χ3v) is 4.62. The maximum atomic E-state index is 14.5. The highest BCUT2D eigenvalue weighted by Crippen LogP contribution is 2.57. The molecule has 0 aromatic heterocycles. The Morgan fingerprint density at radius 3 is 1.39 bits per heavy atom. The minimum absolute atomic E-state index is 0.235. The summed E-state index contributed by atoms with van der Waals surface area (Å²) in [6.45, 7) is 0.522. The van der Waals surface area contributed by atoms with Crippen LogP contribution >= 0.6 is 0 Å². The van der Waals surface area contributed by atoms with Gasteiger partial charge in [-0.1, -0.05) is 13.8 Å². The number of carboxylic acids is 1. The summed E-state index contributed by atoms with van der Waals surface area (Å²) in [5.74, 6) is -3.42.